The number of carbonyl (C=O) groups is 3. The molecule has 1 aromatic carbocycles. The molecule has 3 amide bonds. The monoisotopic (exact) mass is 363 g/mol. The fraction of sp³-hybridized carbons (Fsp3) is 0.375. The smallest absolute Gasteiger partial charge is 0.325 e. The first-order valence-corrected chi connectivity index (χ1v) is 7.98. The number of carbonyl (C=O) groups excluding carboxylic acids is 2. The number of urea groups is 1. The number of amides is 3. The van der Waals surface area contributed by atoms with Crippen molar-refractivity contribution in [1.29, 1.82) is 5.41 Å². The van der Waals surface area contributed by atoms with Crippen LogP contribution in [0.5, 0.6) is 0 Å². The molecule has 0 saturated carbocycles. The average Bonchev–Trinajstić information content (AvgIpc) is 2.93. The molecular formula is C16H21N5O5. The lowest BCUT2D eigenvalue weighted by Crippen LogP contribution is -2.43. The molecule has 0 spiro atoms. The Morgan fingerprint density at radius 2 is 1.92 bits per heavy atom. The van der Waals surface area contributed by atoms with Crippen molar-refractivity contribution in [2.45, 2.75) is 19.1 Å². The van der Waals surface area contributed by atoms with Crippen molar-refractivity contribution in [2.75, 3.05) is 24.5 Å². The van der Waals surface area contributed by atoms with Gasteiger partial charge in [0, 0.05) is 37.2 Å². The van der Waals surface area contributed by atoms with Crippen LogP contribution < -0.4 is 16.0 Å². The van der Waals surface area contributed by atoms with Crippen molar-refractivity contribution in [2.24, 2.45) is 5.73 Å². The second kappa shape index (κ2) is 8.30. The normalized spacial score (nSPS) is 15.0. The third kappa shape index (κ3) is 4.93. The quantitative estimate of drug-likeness (QED) is 0.238. The number of nitrogens with two attached hydrogens (primary N) is 1. The minimum absolute atomic E-state index is 0.0657. The van der Waals surface area contributed by atoms with Gasteiger partial charge >= 0.3 is 12.0 Å². The van der Waals surface area contributed by atoms with Crippen LogP contribution in [0, 0.1) is 5.41 Å². The number of benzene rings is 1. The fourth-order valence-electron chi connectivity index (χ4n) is 2.53. The number of amidine groups is 1. The van der Waals surface area contributed by atoms with E-state index in [0.29, 0.717) is 24.3 Å². The summed E-state index contributed by atoms with van der Waals surface area (Å²) >= 11 is 0. The van der Waals surface area contributed by atoms with Crippen LogP contribution in [0.4, 0.5) is 10.5 Å². The largest absolute Gasteiger partial charge is 0.481 e. The number of carboxylic acid groups (broad SMARTS) is 1. The van der Waals surface area contributed by atoms with E-state index in [-0.39, 0.29) is 31.3 Å². The maximum atomic E-state index is 12.4. The summed E-state index contributed by atoms with van der Waals surface area (Å²) in [5.41, 5.74) is 6.57. The van der Waals surface area contributed by atoms with Gasteiger partial charge < -0.3 is 26.2 Å². The molecule has 26 heavy (non-hydrogen) atoms. The van der Waals surface area contributed by atoms with Gasteiger partial charge in [-0.25, -0.2) is 4.79 Å². The molecular weight excluding hydrogens is 342 g/mol. The average molecular weight is 363 g/mol. The SMILES string of the molecule is N=C(N)c1ccc(N2CCN(CC(=O)NC(O)CCC(=O)O)C2=O)cc1. The van der Waals surface area contributed by atoms with Crippen molar-refractivity contribution in [3.63, 3.8) is 0 Å². The molecule has 1 aromatic rings. The fourth-order valence-corrected chi connectivity index (χ4v) is 2.53. The van der Waals surface area contributed by atoms with Crippen LogP contribution in [0.1, 0.15) is 18.4 Å². The molecule has 10 heteroatoms. The first-order valence-electron chi connectivity index (χ1n) is 7.98. The maximum Gasteiger partial charge on any atom is 0.325 e. The molecule has 2 rings (SSSR count). The van der Waals surface area contributed by atoms with Crippen molar-refractivity contribution >= 4 is 29.4 Å². The van der Waals surface area contributed by atoms with Gasteiger partial charge in [0.15, 0.2) is 0 Å². The minimum Gasteiger partial charge on any atom is -0.481 e. The number of rotatable bonds is 8. The zero-order valence-corrected chi connectivity index (χ0v) is 14.0. The number of aliphatic hydroxyl groups is 1. The molecule has 1 heterocycles. The third-order valence-electron chi connectivity index (χ3n) is 3.88. The Labute approximate surface area is 149 Å². The highest BCUT2D eigenvalue weighted by atomic mass is 16.4. The Balaban J connectivity index is 1.89. The molecule has 140 valence electrons. The molecule has 1 fully saturated rings. The summed E-state index contributed by atoms with van der Waals surface area (Å²) in [6, 6.07) is 6.27. The lowest BCUT2D eigenvalue weighted by atomic mass is 10.2. The molecule has 0 aromatic heterocycles. The van der Waals surface area contributed by atoms with Crippen LogP contribution in [0.3, 0.4) is 0 Å². The van der Waals surface area contributed by atoms with Gasteiger partial charge in [0.2, 0.25) is 5.91 Å². The number of hydrogen-bond acceptors (Lipinski definition) is 5. The van der Waals surface area contributed by atoms with E-state index in [4.69, 9.17) is 16.2 Å². The number of hydrogen-bond donors (Lipinski definition) is 5. The number of nitrogens with one attached hydrogen (secondary N) is 2. The van der Waals surface area contributed by atoms with E-state index in [0.717, 1.165) is 0 Å². The molecule has 1 aliphatic rings. The lowest BCUT2D eigenvalue weighted by molar-refractivity contribution is -0.138. The Morgan fingerprint density at radius 1 is 1.27 bits per heavy atom. The Bertz CT molecular complexity index is 705. The van der Waals surface area contributed by atoms with Crippen molar-refractivity contribution in [3.05, 3.63) is 29.8 Å². The van der Waals surface area contributed by atoms with Gasteiger partial charge in [-0.1, -0.05) is 0 Å². The summed E-state index contributed by atoms with van der Waals surface area (Å²) in [5.74, 6) is -1.70. The predicted molar refractivity (Wildman–Crippen MR) is 92.8 cm³/mol. The summed E-state index contributed by atoms with van der Waals surface area (Å²) in [5, 5.41) is 27.7. The van der Waals surface area contributed by atoms with Crippen LogP contribution in [-0.4, -0.2) is 64.7 Å². The van der Waals surface area contributed by atoms with E-state index in [1.807, 2.05) is 0 Å². The van der Waals surface area contributed by atoms with Crippen molar-refractivity contribution < 1.29 is 24.6 Å². The standard InChI is InChI=1S/C16H21N5O5/c17-15(18)10-1-3-11(4-2-10)21-8-7-20(16(21)26)9-13(23)19-12(22)5-6-14(24)25/h1-4,12,22H,5-9H2,(H3,17,18)(H,19,23)(H,24,25). The molecule has 1 aliphatic heterocycles. The second-order valence-corrected chi connectivity index (χ2v) is 5.83. The van der Waals surface area contributed by atoms with Gasteiger partial charge in [-0.3, -0.25) is 19.9 Å². The second-order valence-electron chi connectivity index (χ2n) is 5.83. The number of aliphatic hydroxyl groups excluding tert-OH is 1. The lowest BCUT2D eigenvalue weighted by Gasteiger charge is -2.19. The molecule has 6 N–H and O–H groups in total. The molecule has 10 nitrogen and oxygen atoms in total. The van der Waals surface area contributed by atoms with Gasteiger partial charge in [-0.05, 0) is 24.3 Å². The van der Waals surface area contributed by atoms with E-state index in [1.165, 1.54) is 9.80 Å². The topological polar surface area (TPSA) is 160 Å². The van der Waals surface area contributed by atoms with Crippen LogP contribution in [0.25, 0.3) is 0 Å². The first-order chi connectivity index (χ1) is 12.3. The van der Waals surface area contributed by atoms with E-state index in [1.54, 1.807) is 24.3 Å². The van der Waals surface area contributed by atoms with Crippen LogP contribution in [0.2, 0.25) is 0 Å². The molecule has 0 radical (unpaired) electrons. The minimum atomic E-state index is -1.27. The zero-order valence-electron chi connectivity index (χ0n) is 14.0. The highest BCUT2D eigenvalue weighted by Crippen LogP contribution is 2.20. The number of aliphatic carboxylic acids is 1. The maximum absolute atomic E-state index is 12.4. The third-order valence-corrected chi connectivity index (χ3v) is 3.88. The van der Waals surface area contributed by atoms with Crippen LogP contribution in [0.15, 0.2) is 24.3 Å². The van der Waals surface area contributed by atoms with Crippen molar-refractivity contribution in [3.8, 4) is 0 Å². The van der Waals surface area contributed by atoms with Gasteiger partial charge in [-0.2, -0.15) is 0 Å². The van der Waals surface area contributed by atoms with E-state index in [2.05, 4.69) is 5.32 Å². The molecule has 1 unspecified atom stereocenters. The summed E-state index contributed by atoms with van der Waals surface area (Å²) in [6.45, 7) is 0.504. The summed E-state index contributed by atoms with van der Waals surface area (Å²) in [4.78, 5) is 37.6. The van der Waals surface area contributed by atoms with Gasteiger partial charge in [0.1, 0.15) is 18.6 Å². The number of anilines is 1. The zero-order chi connectivity index (χ0) is 19.3. The first kappa shape index (κ1) is 19.2. The van der Waals surface area contributed by atoms with Gasteiger partial charge in [0.25, 0.3) is 0 Å². The van der Waals surface area contributed by atoms with Crippen molar-refractivity contribution in [1.82, 2.24) is 10.2 Å². The molecule has 1 saturated heterocycles. The number of nitrogens with zero attached hydrogens (tertiary/aromatic N) is 2. The van der Waals surface area contributed by atoms with E-state index in [9.17, 15) is 19.5 Å². The number of nitrogen functional groups attached to an aromatic ring is 1. The Morgan fingerprint density at radius 3 is 2.50 bits per heavy atom. The molecule has 1 atom stereocenters. The van der Waals surface area contributed by atoms with E-state index >= 15 is 0 Å². The summed E-state index contributed by atoms with van der Waals surface area (Å²) in [7, 11) is 0. The van der Waals surface area contributed by atoms with Crippen LogP contribution >= 0.6 is 0 Å². The number of carboxylic acids is 1. The predicted octanol–water partition coefficient (Wildman–Crippen LogP) is -0.488. The van der Waals surface area contributed by atoms with Gasteiger partial charge in [-0.15, -0.1) is 0 Å². The Kier molecular flexibility index (Phi) is 6.12. The van der Waals surface area contributed by atoms with Crippen LogP contribution in [-0.2, 0) is 9.59 Å². The Hall–Kier alpha value is -3.14. The summed E-state index contributed by atoms with van der Waals surface area (Å²) in [6.07, 6.45) is -1.65. The summed E-state index contributed by atoms with van der Waals surface area (Å²) < 4.78 is 0. The molecule has 0 aliphatic carbocycles. The molecule has 0 bridgehead atoms. The highest BCUT2D eigenvalue weighted by molar-refractivity contribution is 5.98. The highest BCUT2D eigenvalue weighted by Gasteiger charge is 2.31. The van der Waals surface area contributed by atoms with Gasteiger partial charge in [0.05, 0.1) is 0 Å². The van der Waals surface area contributed by atoms with E-state index < -0.39 is 18.1 Å².